The molecule has 0 amide bonds. The van der Waals surface area contributed by atoms with E-state index in [1.165, 1.54) is 19.2 Å². The van der Waals surface area contributed by atoms with Gasteiger partial charge in [0, 0.05) is 11.6 Å². The van der Waals surface area contributed by atoms with E-state index in [1.54, 1.807) is 12.1 Å². The maximum atomic E-state index is 13.6. The zero-order valence-electron chi connectivity index (χ0n) is 12.6. The molecule has 0 unspecified atom stereocenters. The summed E-state index contributed by atoms with van der Waals surface area (Å²) in [6, 6.07) is 10.9. The number of methoxy groups -OCH3 is 1. The molecule has 4 nitrogen and oxygen atoms in total. The molecule has 0 saturated carbocycles. The fraction of sp³-hybridized carbons (Fsp3) is 0.250. The van der Waals surface area contributed by atoms with Crippen LogP contribution in [0.15, 0.2) is 47.4 Å². The van der Waals surface area contributed by atoms with E-state index in [-0.39, 0.29) is 17.2 Å². The number of ether oxygens (including phenoxy) is 1. The van der Waals surface area contributed by atoms with Crippen LogP contribution < -0.4 is 9.46 Å². The van der Waals surface area contributed by atoms with Gasteiger partial charge in [-0.05, 0) is 48.7 Å². The van der Waals surface area contributed by atoms with Gasteiger partial charge in [-0.3, -0.25) is 0 Å². The molecule has 7 heteroatoms. The Kier molecular flexibility index (Phi) is 5.98. The van der Waals surface area contributed by atoms with Crippen molar-refractivity contribution in [1.82, 2.24) is 4.72 Å². The second-order valence-corrected chi connectivity index (χ2v) is 7.13. The monoisotopic (exact) mass is 357 g/mol. The first-order chi connectivity index (χ1) is 10.9. The first kappa shape index (κ1) is 17.7. The number of aryl methyl sites for hydroxylation is 1. The van der Waals surface area contributed by atoms with Gasteiger partial charge in [0.1, 0.15) is 0 Å². The van der Waals surface area contributed by atoms with Crippen molar-refractivity contribution in [1.29, 1.82) is 0 Å². The van der Waals surface area contributed by atoms with Crippen molar-refractivity contribution in [3.8, 4) is 5.75 Å². The zero-order chi connectivity index (χ0) is 16.9. The predicted octanol–water partition coefficient (Wildman–Crippen LogP) is 3.40. The molecule has 2 rings (SSSR count). The van der Waals surface area contributed by atoms with Gasteiger partial charge >= 0.3 is 0 Å². The van der Waals surface area contributed by atoms with Gasteiger partial charge in [-0.15, -0.1) is 0 Å². The third-order valence-electron chi connectivity index (χ3n) is 3.28. The van der Waals surface area contributed by atoms with Crippen LogP contribution in [0.4, 0.5) is 4.39 Å². The Labute approximate surface area is 140 Å². The smallest absolute Gasteiger partial charge is 0.240 e. The lowest BCUT2D eigenvalue weighted by atomic mass is 10.1. The van der Waals surface area contributed by atoms with Gasteiger partial charge in [0.2, 0.25) is 10.0 Å². The molecule has 0 fully saturated rings. The fourth-order valence-corrected chi connectivity index (χ4v) is 3.26. The van der Waals surface area contributed by atoms with Crippen LogP contribution in [0.3, 0.4) is 0 Å². The van der Waals surface area contributed by atoms with Crippen LogP contribution in [0.25, 0.3) is 0 Å². The first-order valence-corrected chi connectivity index (χ1v) is 8.86. The highest BCUT2D eigenvalue weighted by Crippen LogP contribution is 2.20. The molecule has 0 aliphatic carbocycles. The molecule has 0 aliphatic rings. The van der Waals surface area contributed by atoms with Crippen molar-refractivity contribution >= 4 is 21.6 Å². The molecule has 124 valence electrons. The quantitative estimate of drug-likeness (QED) is 0.773. The minimum Gasteiger partial charge on any atom is -0.494 e. The maximum Gasteiger partial charge on any atom is 0.240 e. The Morgan fingerprint density at radius 2 is 1.87 bits per heavy atom. The van der Waals surface area contributed by atoms with Crippen molar-refractivity contribution in [3.63, 3.8) is 0 Å². The summed E-state index contributed by atoms with van der Waals surface area (Å²) in [6.07, 6.45) is 1.34. The Morgan fingerprint density at radius 1 is 1.17 bits per heavy atom. The highest BCUT2D eigenvalue weighted by atomic mass is 35.5. The minimum atomic E-state index is -3.74. The molecule has 0 radical (unpaired) electrons. The third-order valence-corrected chi connectivity index (χ3v) is 4.99. The molecule has 23 heavy (non-hydrogen) atoms. The number of rotatable bonds is 7. The highest BCUT2D eigenvalue weighted by Gasteiger charge is 2.16. The van der Waals surface area contributed by atoms with Gasteiger partial charge in [-0.2, -0.15) is 0 Å². The van der Waals surface area contributed by atoms with E-state index in [2.05, 4.69) is 4.72 Å². The first-order valence-electron chi connectivity index (χ1n) is 7.00. The van der Waals surface area contributed by atoms with Crippen molar-refractivity contribution < 1.29 is 17.5 Å². The SMILES string of the molecule is COc1ccc(S(=O)(=O)NCCCc2ccc(Cl)cc2)cc1F. The maximum absolute atomic E-state index is 13.6. The van der Waals surface area contributed by atoms with Crippen LogP contribution >= 0.6 is 11.6 Å². The molecule has 2 aromatic carbocycles. The summed E-state index contributed by atoms with van der Waals surface area (Å²) in [5, 5.41) is 0.663. The topological polar surface area (TPSA) is 55.4 Å². The molecular weight excluding hydrogens is 341 g/mol. The molecule has 0 aliphatic heterocycles. The van der Waals surface area contributed by atoms with Gasteiger partial charge in [0.25, 0.3) is 0 Å². The van der Waals surface area contributed by atoms with Crippen LogP contribution in [-0.4, -0.2) is 22.1 Å². The van der Waals surface area contributed by atoms with E-state index >= 15 is 0 Å². The summed E-state index contributed by atoms with van der Waals surface area (Å²) in [6.45, 7) is 0.263. The molecular formula is C16H17ClFNO3S. The number of hydrogen-bond acceptors (Lipinski definition) is 3. The lowest BCUT2D eigenvalue weighted by Gasteiger charge is -2.08. The average Bonchev–Trinajstić information content (AvgIpc) is 2.53. The van der Waals surface area contributed by atoms with Crippen molar-refractivity contribution in [2.45, 2.75) is 17.7 Å². The zero-order valence-corrected chi connectivity index (χ0v) is 14.1. The van der Waals surface area contributed by atoms with Gasteiger partial charge in [0.05, 0.1) is 12.0 Å². The predicted molar refractivity (Wildman–Crippen MR) is 87.9 cm³/mol. The minimum absolute atomic E-state index is 0.00619. The summed E-state index contributed by atoms with van der Waals surface area (Å²) < 4.78 is 45.0. The van der Waals surface area contributed by atoms with E-state index in [0.717, 1.165) is 18.1 Å². The summed E-state index contributed by atoms with van der Waals surface area (Å²) in [5.41, 5.74) is 1.07. The van der Waals surface area contributed by atoms with Crippen LogP contribution in [0.2, 0.25) is 5.02 Å². The highest BCUT2D eigenvalue weighted by molar-refractivity contribution is 7.89. The van der Waals surface area contributed by atoms with E-state index in [4.69, 9.17) is 16.3 Å². The van der Waals surface area contributed by atoms with Gasteiger partial charge < -0.3 is 4.74 Å². The lowest BCUT2D eigenvalue weighted by molar-refractivity contribution is 0.385. The molecule has 0 atom stereocenters. The Balaban J connectivity index is 1.91. The summed E-state index contributed by atoms with van der Waals surface area (Å²) >= 11 is 5.80. The lowest BCUT2D eigenvalue weighted by Crippen LogP contribution is -2.25. The third kappa shape index (κ3) is 4.92. The van der Waals surface area contributed by atoms with Crippen LogP contribution in [0.1, 0.15) is 12.0 Å². The number of benzene rings is 2. The summed E-state index contributed by atoms with van der Waals surface area (Å²) in [4.78, 5) is -0.123. The second-order valence-electron chi connectivity index (χ2n) is 4.92. The van der Waals surface area contributed by atoms with Gasteiger partial charge in [-0.25, -0.2) is 17.5 Å². The molecule has 0 spiro atoms. The van der Waals surface area contributed by atoms with Crippen molar-refractivity contribution in [2.24, 2.45) is 0 Å². The molecule has 2 aromatic rings. The van der Waals surface area contributed by atoms with Gasteiger partial charge in [0.15, 0.2) is 11.6 Å². The Morgan fingerprint density at radius 3 is 2.48 bits per heavy atom. The van der Waals surface area contributed by atoms with Crippen molar-refractivity contribution in [3.05, 3.63) is 58.9 Å². The summed E-state index contributed by atoms with van der Waals surface area (Å²) in [7, 11) is -2.41. The standard InChI is InChI=1S/C16H17ClFNO3S/c1-22-16-9-8-14(11-15(16)18)23(20,21)19-10-2-3-12-4-6-13(17)7-5-12/h4-9,11,19H,2-3,10H2,1H3. The second kappa shape index (κ2) is 7.77. The fourth-order valence-electron chi connectivity index (χ4n) is 2.05. The number of hydrogen-bond donors (Lipinski definition) is 1. The Bertz CT molecular complexity index is 763. The molecule has 0 aromatic heterocycles. The Hall–Kier alpha value is -1.63. The average molecular weight is 358 g/mol. The molecule has 0 bridgehead atoms. The van der Waals surface area contributed by atoms with E-state index in [0.29, 0.717) is 11.4 Å². The van der Waals surface area contributed by atoms with Crippen molar-refractivity contribution in [2.75, 3.05) is 13.7 Å². The van der Waals surface area contributed by atoms with E-state index < -0.39 is 15.8 Å². The largest absolute Gasteiger partial charge is 0.494 e. The molecule has 1 N–H and O–H groups in total. The molecule has 0 saturated heterocycles. The van der Waals surface area contributed by atoms with E-state index in [9.17, 15) is 12.8 Å². The van der Waals surface area contributed by atoms with E-state index in [1.807, 2.05) is 12.1 Å². The number of sulfonamides is 1. The van der Waals surface area contributed by atoms with Crippen LogP contribution in [-0.2, 0) is 16.4 Å². The normalized spacial score (nSPS) is 11.4. The van der Waals surface area contributed by atoms with Crippen LogP contribution in [0, 0.1) is 5.82 Å². The summed E-state index contributed by atoms with van der Waals surface area (Å²) in [5.74, 6) is -0.705. The number of nitrogens with one attached hydrogen (secondary N) is 1. The molecule has 0 heterocycles. The number of halogens is 2. The van der Waals surface area contributed by atoms with Crippen LogP contribution in [0.5, 0.6) is 5.75 Å². The van der Waals surface area contributed by atoms with Gasteiger partial charge in [-0.1, -0.05) is 23.7 Å².